The van der Waals surface area contributed by atoms with Crippen molar-refractivity contribution in [2.75, 3.05) is 0 Å². The van der Waals surface area contributed by atoms with Gasteiger partial charge in [-0.15, -0.1) is 0 Å². The Morgan fingerprint density at radius 1 is 0.955 bits per heavy atom. The third-order valence-electron chi connectivity index (χ3n) is 3.84. The molecule has 0 aliphatic carbocycles. The fraction of sp³-hybridized carbons (Fsp3) is 0.158. The van der Waals surface area contributed by atoms with Crippen LogP contribution in [-0.4, -0.2) is 4.98 Å². The number of rotatable bonds is 2. The van der Waals surface area contributed by atoms with Crippen molar-refractivity contribution in [2.45, 2.75) is 13.8 Å². The van der Waals surface area contributed by atoms with E-state index in [1.54, 1.807) is 12.1 Å². The van der Waals surface area contributed by atoms with E-state index in [1.807, 2.05) is 32.3 Å². The fourth-order valence-corrected chi connectivity index (χ4v) is 2.75. The molecule has 1 heterocycles. The van der Waals surface area contributed by atoms with E-state index in [1.165, 1.54) is 23.3 Å². The molecule has 3 heteroatoms. The van der Waals surface area contributed by atoms with Gasteiger partial charge in [0.05, 0.1) is 5.56 Å². The van der Waals surface area contributed by atoms with Crippen LogP contribution in [0.3, 0.4) is 0 Å². The zero-order chi connectivity index (χ0) is 15.7. The number of hydrogen-bond donors (Lipinski definition) is 0. The molecule has 0 unspecified atom stereocenters. The first-order valence-electron chi connectivity index (χ1n) is 7.25. The molecule has 3 aromatic rings. The molecule has 0 N–H and O–H groups in total. The van der Waals surface area contributed by atoms with Crippen LogP contribution < -0.4 is 4.57 Å². The molecule has 1 aromatic heterocycles. The number of halogens is 1. The van der Waals surface area contributed by atoms with Gasteiger partial charge < -0.3 is 0 Å². The minimum absolute atomic E-state index is 0.235. The van der Waals surface area contributed by atoms with Gasteiger partial charge in [-0.2, -0.15) is 4.57 Å². The van der Waals surface area contributed by atoms with Gasteiger partial charge in [-0.3, -0.25) is 0 Å². The molecule has 110 valence electrons. The molecule has 0 bridgehead atoms. The van der Waals surface area contributed by atoms with Gasteiger partial charge in [0.1, 0.15) is 24.3 Å². The second-order valence-corrected chi connectivity index (χ2v) is 5.49. The molecule has 22 heavy (non-hydrogen) atoms. The topological polar surface area (TPSA) is 16.8 Å². The van der Waals surface area contributed by atoms with E-state index in [2.05, 4.69) is 23.6 Å². The maximum atomic E-state index is 13.1. The van der Waals surface area contributed by atoms with Crippen molar-refractivity contribution in [1.29, 1.82) is 0 Å². The van der Waals surface area contributed by atoms with Crippen LogP contribution in [0.5, 0.6) is 0 Å². The highest BCUT2D eigenvalue weighted by atomic mass is 19.1. The van der Waals surface area contributed by atoms with Crippen LogP contribution in [0.2, 0.25) is 0 Å². The number of hydrogen-bond acceptors (Lipinski definition) is 1. The van der Waals surface area contributed by atoms with E-state index < -0.39 is 0 Å². The van der Waals surface area contributed by atoms with Crippen molar-refractivity contribution >= 4 is 0 Å². The molecular weight excluding hydrogens is 275 g/mol. The predicted molar refractivity (Wildman–Crippen MR) is 85.7 cm³/mol. The van der Waals surface area contributed by atoms with Gasteiger partial charge in [0.15, 0.2) is 6.20 Å². The Bertz CT molecular complexity index is 800. The maximum absolute atomic E-state index is 13.1. The summed E-state index contributed by atoms with van der Waals surface area (Å²) >= 11 is 0. The zero-order valence-electron chi connectivity index (χ0n) is 13.0. The van der Waals surface area contributed by atoms with Crippen molar-refractivity contribution < 1.29 is 8.96 Å². The summed E-state index contributed by atoms with van der Waals surface area (Å²) in [4.78, 5) is 4.71. The molecule has 3 rings (SSSR count). The van der Waals surface area contributed by atoms with Gasteiger partial charge in [-0.25, -0.2) is 9.37 Å². The zero-order valence-corrected chi connectivity index (χ0v) is 13.0. The summed E-state index contributed by atoms with van der Waals surface area (Å²) in [6, 6.07) is 14.7. The SMILES string of the molecule is Cc1ccccc1-c1c(C)nc(-c2ccc(F)cc2)c[n+]1C. The average Bonchev–Trinajstić information content (AvgIpc) is 2.49. The van der Waals surface area contributed by atoms with Crippen LogP contribution in [0.4, 0.5) is 4.39 Å². The smallest absolute Gasteiger partial charge is 0.233 e. The maximum Gasteiger partial charge on any atom is 0.233 e. The quantitative estimate of drug-likeness (QED) is 0.653. The largest absolute Gasteiger partial charge is 0.240 e. The standard InChI is InChI=1S/C19H18FN2/c1-13-6-4-5-7-17(13)19-14(2)21-18(12-22(19)3)15-8-10-16(20)11-9-15/h4-12H,1-3H3/q+1. The number of aromatic nitrogens is 2. The van der Waals surface area contributed by atoms with Crippen molar-refractivity contribution in [3.8, 4) is 22.5 Å². The molecule has 0 saturated heterocycles. The molecule has 0 spiro atoms. The Kier molecular flexibility index (Phi) is 3.72. The van der Waals surface area contributed by atoms with Crippen LogP contribution in [0.15, 0.2) is 54.7 Å². The van der Waals surface area contributed by atoms with Gasteiger partial charge in [-0.05, 0) is 49.7 Å². The molecule has 0 fully saturated rings. The molecule has 2 aromatic carbocycles. The second-order valence-electron chi connectivity index (χ2n) is 5.49. The second kappa shape index (κ2) is 5.68. The number of nitrogens with zero attached hydrogens (tertiary/aromatic N) is 2. The number of benzene rings is 2. The Hall–Kier alpha value is -2.55. The van der Waals surface area contributed by atoms with E-state index in [0.717, 1.165) is 22.6 Å². The van der Waals surface area contributed by atoms with Crippen LogP contribution in [0.25, 0.3) is 22.5 Å². The van der Waals surface area contributed by atoms with Crippen LogP contribution in [-0.2, 0) is 7.05 Å². The summed E-state index contributed by atoms with van der Waals surface area (Å²) in [7, 11) is 2.02. The van der Waals surface area contributed by atoms with Gasteiger partial charge in [-0.1, -0.05) is 18.2 Å². The van der Waals surface area contributed by atoms with Crippen molar-refractivity contribution in [1.82, 2.24) is 4.98 Å². The summed E-state index contributed by atoms with van der Waals surface area (Å²) in [5.74, 6) is -0.235. The van der Waals surface area contributed by atoms with Gasteiger partial charge in [0.25, 0.3) is 0 Å². The van der Waals surface area contributed by atoms with E-state index in [0.29, 0.717) is 0 Å². The summed E-state index contributed by atoms with van der Waals surface area (Å²) < 4.78 is 15.2. The summed E-state index contributed by atoms with van der Waals surface area (Å²) in [6.07, 6.45) is 1.99. The monoisotopic (exact) mass is 293 g/mol. The highest BCUT2D eigenvalue weighted by Gasteiger charge is 2.18. The van der Waals surface area contributed by atoms with E-state index >= 15 is 0 Å². The lowest BCUT2D eigenvalue weighted by molar-refractivity contribution is -0.660. The van der Waals surface area contributed by atoms with E-state index in [4.69, 9.17) is 4.98 Å². The summed E-state index contributed by atoms with van der Waals surface area (Å²) in [5, 5.41) is 0. The molecule has 0 amide bonds. The van der Waals surface area contributed by atoms with Gasteiger partial charge in [0, 0.05) is 5.56 Å². The van der Waals surface area contributed by atoms with Crippen molar-refractivity contribution in [3.05, 3.63) is 71.8 Å². The molecule has 0 saturated carbocycles. The Morgan fingerprint density at radius 2 is 1.64 bits per heavy atom. The molecular formula is C19H18FN2+. The number of aryl methyl sites for hydroxylation is 3. The van der Waals surface area contributed by atoms with Gasteiger partial charge >= 0.3 is 0 Å². The highest BCUT2D eigenvalue weighted by molar-refractivity contribution is 5.65. The third-order valence-corrected chi connectivity index (χ3v) is 3.84. The van der Waals surface area contributed by atoms with E-state index in [-0.39, 0.29) is 5.82 Å². The summed E-state index contributed by atoms with van der Waals surface area (Å²) in [6.45, 7) is 4.11. The van der Waals surface area contributed by atoms with Gasteiger partial charge in [0.2, 0.25) is 5.69 Å². The lowest BCUT2D eigenvalue weighted by Gasteiger charge is -2.08. The fourth-order valence-electron chi connectivity index (χ4n) is 2.75. The third kappa shape index (κ3) is 2.62. The first kappa shape index (κ1) is 14.4. The molecule has 0 radical (unpaired) electrons. The normalized spacial score (nSPS) is 10.7. The first-order chi connectivity index (χ1) is 10.6. The summed E-state index contributed by atoms with van der Waals surface area (Å²) in [5.41, 5.74) is 6.22. The van der Waals surface area contributed by atoms with Crippen molar-refractivity contribution in [2.24, 2.45) is 7.05 Å². The van der Waals surface area contributed by atoms with E-state index in [9.17, 15) is 4.39 Å². The Morgan fingerprint density at radius 3 is 2.27 bits per heavy atom. The minimum Gasteiger partial charge on any atom is -0.240 e. The average molecular weight is 293 g/mol. The molecule has 0 atom stereocenters. The van der Waals surface area contributed by atoms with Crippen LogP contribution in [0, 0.1) is 19.7 Å². The van der Waals surface area contributed by atoms with Crippen LogP contribution in [0.1, 0.15) is 11.3 Å². The predicted octanol–water partition coefficient (Wildman–Crippen LogP) is 4.00. The van der Waals surface area contributed by atoms with Crippen LogP contribution >= 0.6 is 0 Å². The van der Waals surface area contributed by atoms with Crippen molar-refractivity contribution in [3.63, 3.8) is 0 Å². The molecule has 0 aliphatic heterocycles. The lowest BCUT2D eigenvalue weighted by atomic mass is 10.0. The Labute approximate surface area is 129 Å². The lowest BCUT2D eigenvalue weighted by Crippen LogP contribution is -2.33. The minimum atomic E-state index is -0.235. The molecule has 2 nitrogen and oxygen atoms in total. The Balaban J connectivity index is 2.13. The highest BCUT2D eigenvalue weighted by Crippen LogP contribution is 2.24. The first-order valence-corrected chi connectivity index (χ1v) is 7.25. The molecule has 0 aliphatic rings.